The van der Waals surface area contributed by atoms with Crippen molar-refractivity contribution in [1.82, 2.24) is 0 Å². The Kier molecular flexibility index (Phi) is 6.79. The zero-order valence-electron chi connectivity index (χ0n) is 15.1. The Morgan fingerprint density at radius 3 is 2.48 bits per heavy atom. The molecule has 0 saturated carbocycles. The summed E-state index contributed by atoms with van der Waals surface area (Å²) in [4.78, 5) is 37.4. The average molecular weight is 391 g/mol. The van der Waals surface area contributed by atoms with Crippen molar-refractivity contribution in [2.24, 2.45) is 0 Å². The van der Waals surface area contributed by atoms with Crippen LogP contribution < -0.4 is 15.0 Å². The lowest BCUT2D eigenvalue weighted by Gasteiger charge is -2.22. The number of carbonyl (C=O) groups excluding carboxylic acids is 3. The largest absolute Gasteiger partial charge is 0.497 e. The van der Waals surface area contributed by atoms with Crippen molar-refractivity contribution < 1.29 is 23.9 Å². The maximum atomic E-state index is 12.4. The summed E-state index contributed by atoms with van der Waals surface area (Å²) < 4.78 is 9.79. The number of anilines is 2. The second kappa shape index (κ2) is 9.05. The molecule has 2 aromatic carbocycles. The van der Waals surface area contributed by atoms with E-state index in [1.807, 2.05) is 0 Å². The van der Waals surface area contributed by atoms with Gasteiger partial charge in [-0.3, -0.25) is 9.59 Å². The summed E-state index contributed by atoms with van der Waals surface area (Å²) in [5.41, 5.74) is 0.987. The monoisotopic (exact) mass is 390 g/mol. The van der Waals surface area contributed by atoms with E-state index in [1.54, 1.807) is 24.3 Å². The lowest BCUT2D eigenvalue weighted by molar-refractivity contribution is -0.120. The fraction of sp³-hybridized carbons (Fsp3) is 0.211. The maximum absolute atomic E-state index is 12.4. The summed E-state index contributed by atoms with van der Waals surface area (Å²) in [6, 6.07) is 11.2. The number of benzene rings is 2. The molecule has 0 saturated heterocycles. The van der Waals surface area contributed by atoms with Crippen LogP contribution in [0.15, 0.2) is 42.5 Å². The molecule has 142 valence electrons. The molecule has 0 unspecified atom stereocenters. The number of nitrogens with one attached hydrogen (secondary N) is 1. The number of halogens is 1. The Morgan fingerprint density at radius 2 is 1.85 bits per heavy atom. The van der Waals surface area contributed by atoms with Crippen LogP contribution in [0.25, 0.3) is 0 Å². The van der Waals surface area contributed by atoms with E-state index in [0.717, 1.165) is 0 Å². The van der Waals surface area contributed by atoms with Crippen molar-refractivity contribution in [1.29, 1.82) is 0 Å². The molecule has 0 heterocycles. The van der Waals surface area contributed by atoms with Gasteiger partial charge >= 0.3 is 5.97 Å². The van der Waals surface area contributed by atoms with Crippen molar-refractivity contribution >= 4 is 40.8 Å². The maximum Gasteiger partial charge on any atom is 0.337 e. The first-order valence-electron chi connectivity index (χ1n) is 7.95. The molecule has 0 atom stereocenters. The van der Waals surface area contributed by atoms with Gasteiger partial charge < -0.3 is 19.7 Å². The highest BCUT2D eigenvalue weighted by Gasteiger charge is 2.20. The number of rotatable bonds is 6. The molecular formula is C19H19ClN2O5. The molecule has 1 N–H and O–H groups in total. The van der Waals surface area contributed by atoms with Crippen LogP contribution in [0.1, 0.15) is 17.3 Å². The number of methoxy groups -OCH3 is 2. The van der Waals surface area contributed by atoms with Crippen LogP contribution in [-0.2, 0) is 14.3 Å². The smallest absolute Gasteiger partial charge is 0.337 e. The number of esters is 1. The lowest BCUT2D eigenvalue weighted by atomic mass is 10.2. The zero-order valence-corrected chi connectivity index (χ0v) is 15.9. The number of nitrogens with zero attached hydrogens (tertiary/aromatic N) is 1. The number of amides is 2. The second-order valence-electron chi connectivity index (χ2n) is 5.54. The standard InChI is InChI=1S/C19H19ClN2O5/c1-12(23)22(17-9-13(19(25)27-3)7-8-16(17)20)11-18(24)21-14-5-4-6-15(10-14)26-2/h4-10H,11H2,1-3H3,(H,21,24). The first-order chi connectivity index (χ1) is 12.8. The van der Waals surface area contributed by atoms with Gasteiger partial charge in [-0.15, -0.1) is 0 Å². The Bertz CT molecular complexity index is 869. The second-order valence-corrected chi connectivity index (χ2v) is 5.95. The normalized spacial score (nSPS) is 10.1. The quantitative estimate of drug-likeness (QED) is 0.766. The molecule has 2 amide bonds. The molecule has 0 aliphatic carbocycles. The van der Waals surface area contributed by atoms with Crippen molar-refractivity contribution in [2.75, 3.05) is 31.0 Å². The highest BCUT2D eigenvalue weighted by molar-refractivity contribution is 6.34. The Hall–Kier alpha value is -3.06. The molecule has 8 heteroatoms. The summed E-state index contributed by atoms with van der Waals surface area (Å²) in [6.07, 6.45) is 0. The molecule has 0 aromatic heterocycles. The zero-order chi connectivity index (χ0) is 20.0. The van der Waals surface area contributed by atoms with Crippen LogP contribution in [0.4, 0.5) is 11.4 Å². The third-order valence-electron chi connectivity index (χ3n) is 3.69. The minimum absolute atomic E-state index is 0.219. The number of ether oxygens (including phenoxy) is 2. The van der Waals surface area contributed by atoms with Crippen molar-refractivity contribution in [3.8, 4) is 5.75 Å². The van der Waals surface area contributed by atoms with E-state index in [4.69, 9.17) is 16.3 Å². The van der Waals surface area contributed by atoms with Gasteiger partial charge in [0.25, 0.3) is 0 Å². The molecule has 2 aromatic rings. The van der Waals surface area contributed by atoms with Gasteiger partial charge in [-0.05, 0) is 30.3 Å². The molecule has 2 rings (SSSR count). The average Bonchev–Trinajstić information content (AvgIpc) is 2.66. The molecule has 0 fully saturated rings. The predicted molar refractivity (Wildman–Crippen MR) is 102 cm³/mol. The van der Waals surface area contributed by atoms with Crippen LogP contribution >= 0.6 is 11.6 Å². The molecule has 27 heavy (non-hydrogen) atoms. The van der Waals surface area contributed by atoms with Crippen molar-refractivity contribution in [3.05, 3.63) is 53.1 Å². The van der Waals surface area contributed by atoms with Gasteiger partial charge in [0.2, 0.25) is 11.8 Å². The highest BCUT2D eigenvalue weighted by atomic mass is 35.5. The van der Waals surface area contributed by atoms with E-state index in [1.165, 1.54) is 44.2 Å². The summed E-state index contributed by atoms with van der Waals surface area (Å²) >= 11 is 6.17. The van der Waals surface area contributed by atoms with Crippen LogP contribution in [0.5, 0.6) is 5.75 Å². The minimum Gasteiger partial charge on any atom is -0.497 e. The first-order valence-corrected chi connectivity index (χ1v) is 8.33. The molecule has 0 aliphatic heterocycles. The van der Waals surface area contributed by atoms with E-state index < -0.39 is 17.8 Å². The molecular weight excluding hydrogens is 372 g/mol. The van der Waals surface area contributed by atoms with Crippen LogP contribution in [0.3, 0.4) is 0 Å². The number of carbonyl (C=O) groups is 3. The minimum atomic E-state index is -0.572. The summed E-state index contributed by atoms with van der Waals surface area (Å²) in [6.45, 7) is 1.02. The van der Waals surface area contributed by atoms with Crippen LogP contribution in [0.2, 0.25) is 5.02 Å². The molecule has 0 spiro atoms. The summed E-state index contributed by atoms with van der Waals surface area (Å²) in [5, 5.41) is 2.92. The van der Waals surface area contributed by atoms with Crippen molar-refractivity contribution in [2.45, 2.75) is 6.92 Å². The van der Waals surface area contributed by atoms with E-state index >= 15 is 0 Å². The van der Waals surface area contributed by atoms with Gasteiger partial charge in [0.05, 0.1) is 30.5 Å². The fourth-order valence-corrected chi connectivity index (χ4v) is 2.59. The van der Waals surface area contributed by atoms with Gasteiger partial charge in [0.15, 0.2) is 0 Å². The van der Waals surface area contributed by atoms with Crippen LogP contribution in [-0.4, -0.2) is 38.5 Å². The van der Waals surface area contributed by atoms with E-state index in [9.17, 15) is 14.4 Å². The Balaban J connectivity index is 2.23. The molecule has 0 radical (unpaired) electrons. The number of hydrogen-bond donors (Lipinski definition) is 1. The van der Waals surface area contributed by atoms with Crippen molar-refractivity contribution in [3.63, 3.8) is 0 Å². The van der Waals surface area contributed by atoms with E-state index in [2.05, 4.69) is 10.1 Å². The first kappa shape index (κ1) is 20.3. The Labute approximate surface area is 161 Å². The van der Waals surface area contributed by atoms with Gasteiger partial charge in [-0.25, -0.2) is 4.79 Å². The van der Waals surface area contributed by atoms with E-state index in [-0.39, 0.29) is 22.8 Å². The third-order valence-corrected chi connectivity index (χ3v) is 4.01. The summed E-state index contributed by atoms with van der Waals surface area (Å²) in [7, 11) is 2.77. The van der Waals surface area contributed by atoms with Crippen LogP contribution in [0, 0.1) is 0 Å². The highest BCUT2D eigenvalue weighted by Crippen LogP contribution is 2.28. The Morgan fingerprint density at radius 1 is 1.11 bits per heavy atom. The number of hydrogen-bond acceptors (Lipinski definition) is 5. The third kappa shape index (κ3) is 5.21. The fourth-order valence-electron chi connectivity index (χ4n) is 2.38. The lowest BCUT2D eigenvalue weighted by Crippen LogP contribution is -2.37. The van der Waals surface area contributed by atoms with Gasteiger partial charge in [-0.2, -0.15) is 0 Å². The SMILES string of the molecule is COC(=O)c1ccc(Cl)c(N(CC(=O)Nc2cccc(OC)c2)C(C)=O)c1. The predicted octanol–water partition coefficient (Wildman–Crippen LogP) is 3.13. The topological polar surface area (TPSA) is 84.9 Å². The van der Waals surface area contributed by atoms with Gasteiger partial charge in [0, 0.05) is 18.7 Å². The molecule has 0 bridgehead atoms. The van der Waals surface area contributed by atoms with Gasteiger partial charge in [-0.1, -0.05) is 17.7 Å². The van der Waals surface area contributed by atoms with Gasteiger partial charge in [0.1, 0.15) is 12.3 Å². The molecule has 0 aliphatic rings. The summed E-state index contributed by atoms with van der Waals surface area (Å²) in [5.74, 6) is -0.819. The molecule has 7 nitrogen and oxygen atoms in total. The van der Waals surface area contributed by atoms with E-state index in [0.29, 0.717) is 11.4 Å².